The Bertz CT molecular complexity index is 2410. The van der Waals surface area contributed by atoms with Gasteiger partial charge < -0.3 is 4.57 Å². The van der Waals surface area contributed by atoms with Gasteiger partial charge in [0.15, 0.2) is 0 Å². The summed E-state index contributed by atoms with van der Waals surface area (Å²) in [7, 11) is 0. The predicted octanol–water partition coefficient (Wildman–Crippen LogP) is 9.12. The molecule has 0 radical (unpaired) electrons. The fourth-order valence-corrected chi connectivity index (χ4v) is 8.70. The lowest BCUT2D eigenvalue weighted by atomic mass is 9.66. The highest BCUT2D eigenvalue weighted by Crippen LogP contribution is 2.62. The average Bonchev–Trinajstić information content (AvgIpc) is 3.67. The van der Waals surface area contributed by atoms with Gasteiger partial charge >= 0.3 is 0 Å². The Morgan fingerprint density at radius 1 is 0.542 bits per heavy atom. The van der Waals surface area contributed by atoms with Gasteiger partial charge in [-0.1, -0.05) is 84.8 Å². The number of pyridine rings is 1. The van der Waals surface area contributed by atoms with E-state index in [2.05, 4.69) is 119 Å². The number of hydrogen-bond acceptors (Lipinski definition) is 1. The second kappa shape index (κ2) is 10.9. The van der Waals surface area contributed by atoms with Gasteiger partial charge in [0, 0.05) is 63.9 Å². The van der Waals surface area contributed by atoms with Gasteiger partial charge in [0.05, 0.1) is 23.4 Å². The fourth-order valence-electron chi connectivity index (χ4n) is 8.70. The zero-order chi connectivity index (χ0) is 33.0. The lowest BCUT2D eigenvalue weighted by Gasteiger charge is -2.35. The van der Waals surface area contributed by atoms with Crippen molar-refractivity contribution < 1.29 is 0 Å². The van der Waals surface area contributed by atoms with Crippen LogP contribution in [0.4, 0.5) is 0 Å². The van der Waals surface area contributed by atoms with E-state index in [1.54, 1.807) is 0 Å². The van der Waals surface area contributed by atoms with Gasteiger partial charge in [0.2, 0.25) is 0 Å². The fraction of sp³-hybridized carbons (Fsp3) is 0.152. The number of terminal acetylenes is 5. The lowest BCUT2D eigenvalue weighted by molar-refractivity contribution is 0.544. The van der Waals surface area contributed by atoms with E-state index in [1.807, 2.05) is 6.07 Å². The van der Waals surface area contributed by atoms with E-state index < -0.39 is 10.8 Å². The molecular weight excluding hydrogens is 581 g/mol. The first-order valence-corrected chi connectivity index (χ1v) is 16.1. The molecule has 224 valence electrons. The minimum Gasteiger partial charge on any atom is -0.329 e. The third-order valence-corrected chi connectivity index (χ3v) is 10.5. The summed E-state index contributed by atoms with van der Waals surface area (Å²) >= 11 is 0. The molecule has 0 fully saturated rings. The Hall–Kier alpha value is -6.37. The van der Waals surface area contributed by atoms with Crippen molar-refractivity contribution in [2.24, 2.45) is 0 Å². The Balaban J connectivity index is 1.60. The van der Waals surface area contributed by atoms with Gasteiger partial charge in [-0.2, -0.15) is 0 Å². The van der Waals surface area contributed by atoms with Crippen LogP contribution >= 0.6 is 0 Å². The van der Waals surface area contributed by atoms with Crippen LogP contribution in [0.1, 0.15) is 47.9 Å². The standard InChI is InChI=1S/C46H30N2/c1-6-25-45(26-7-2)36-20-14-11-18-34(36)43-41(45)40(31-23-24-33-32-17-13-16-22-38(32)48(29-10-5)39(33)30-31)42-44(47-43)35-19-12-15-21-37(35)46(42,27-8-3)28-9-4/h1-5,11-24,30H,25-29H2. The SMILES string of the molecule is C#CCn1c2ccccc2c2ccc(-c3c4c(nc5c3C(CC#C)(CC#C)c3ccccc3-5)-c3ccccc3C4(CC#C)CC#C)cc21. The maximum Gasteiger partial charge on any atom is 0.0841 e. The molecule has 2 heterocycles. The number of fused-ring (bicyclic) bond motifs is 9. The van der Waals surface area contributed by atoms with Crippen molar-refractivity contribution in [3.63, 3.8) is 0 Å². The van der Waals surface area contributed by atoms with Gasteiger partial charge in [0.1, 0.15) is 0 Å². The number of rotatable bonds is 6. The molecule has 0 bridgehead atoms. The zero-order valence-electron chi connectivity index (χ0n) is 26.5. The molecule has 0 atom stereocenters. The molecule has 2 aliphatic carbocycles. The summed E-state index contributed by atoms with van der Waals surface area (Å²) in [5.74, 6) is 14.9. The van der Waals surface area contributed by atoms with Gasteiger partial charge in [-0.15, -0.1) is 55.8 Å². The molecular formula is C46H30N2. The van der Waals surface area contributed by atoms with E-state index in [9.17, 15) is 0 Å². The van der Waals surface area contributed by atoms with Crippen molar-refractivity contribution in [3.05, 3.63) is 113 Å². The first kappa shape index (κ1) is 29.1. The summed E-state index contributed by atoms with van der Waals surface area (Å²) in [4.78, 5) is 5.56. The van der Waals surface area contributed by atoms with E-state index in [4.69, 9.17) is 37.1 Å². The number of para-hydroxylation sites is 1. The van der Waals surface area contributed by atoms with Gasteiger partial charge in [-0.25, -0.2) is 4.98 Å². The normalized spacial score (nSPS) is 14.1. The molecule has 0 N–H and O–H groups in total. The van der Waals surface area contributed by atoms with Crippen molar-refractivity contribution in [2.45, 2.75) is 43.1 Å². The molecule has 0 amide bonds. The molecule has 2 nitrogen and oxygen atoms in total. The van der Waals surface area contributed by atoms with Crippen LogP contribution in [0.3, 0.4) is 0 Å². The summed E-state index contributed by atoms with van der Waals surface area (Å²) < 4.78 is 2.21. The maximum absolute atomic E-state index is 6.21. The second-order valence-corrected chi connectivity index (χ2v) is 12.8. The van der Waals surface area contributed by atoms with Crippen LogP contribution in [0.15, 0.2) is 91.0 Å². The van der Waals surface area contributed by atoms with E-state index >= 15 is 0 Å². The summed E-state index contributed by atoms with van der Waals surface area (Å²) in [5.41, 5.74) is 11.1. The third-order valence-electron chi connectivity index (χ3n) is 10.5. The van der Waals surface area contributed by atoms with Crippen molar-refractivity contribution in [1.29, 1.82) is 0 Å². The number of benzene rings is 4. The summed E-state index contributed by atoms with van der Waals surface area (Å²) in [6.07, 6.45) is 32.5. The molecule has 6 aromatic rings. The zero-order valence-corrected chi connectivity index (χ0v) is 26.5. The summed E-state index contributed by atoms with van der Waals surface area (Å²) in [6, 6.07) is 31.9. The highest BCUT2D eigenvalue weighted by Gasteiger charge is 2.51. The monoisotopic (exact) mass is 610 g/mol. The highest BCUT2D eigenvalue weighted by atomic mass is 15.0. The third kappa shape index (κ3) is 3.69. The van der Waals surface area contributed by atoms with Crippen LogP contribution in [0.5, 0.6) is 0 Å². The quantitative estimate of drug-likeness (QED) is 0.172. The Kier molecular flexibility index (Phi) is 6.58. The predicted molar refractivity (Wildman–Crippen MR) is 198 cm³/mol. The Labute approximate surface area is 282 Å². The van der Waals surface area contributed by atoms with Crippen LogP contribution in [0, 0.1) is 61.7 Å². The van der Waals surface area contributed by atoms with Crippen LogP contribution < -0.4 is 0 Å². The Morgan fingerprint density at radius 2 is 1.04 bits per heavy atom. The topological polar surface area (TPSA) is 17.8 Å². The summed E-state index contributed by atoms with van der Waals surface area (Å²) in [5, 5.41) is 2.29. The number of aromatic nitrogens is 2. The largest absolute Gasteiger partial charge is 0.329 e. The minimum absolute atomic E-state index is 0.415. The van der Waals surface area contributed by atoms with Crippen LogP contribution in [-0.2, 0) is 17.4 Å². The highest BCUT2D eigenvalue weighted by molar-refractivity contribution is 6.10. The molecule has 4 aromatic carbocycles. The molecule has 48 heavy (non-hydrogen) atoms. The molecule has 2 heteroatoms. The van der Waals surface area contributed by atoms with E-state index in [0.29, 0.717) is 32.2 Å². The average molecular weight is 611 g/mol. The van der Waals surface area contributed by atoms with E-state index in [1.165, 1.54) is 0 Å². The molecule has 0 saturated carbocycles. The summed E-state index contributed by atoms with van der Waals surface area (Å²) in [6.45, 7) is 0.438. The van der Waals surface area contributed by atoms with Gasteiger partial charge in [0.25, 0.3) is 0 Å². The Morgan fingerprint density at radius 3 is 1.58 bits per heavy atom. The van der Waals surface area contributed by atoms with Gasteiger partial charge in [-0.3, -0.25) is 0 Å². The molecule has 0 spiro atoms. The van der Waals surface area contributed by atoms with Crippen LogP contribution in [-0.4, -0.2) is 9.55 Å². The molecule has 0 aliphatic heterocycles. The number of nitrogens with zero attached hydrogens (tertiary/aromatic N) is 2. The van der Waals surface area contributed by atoms with Crippen molar-refractivity contribution in [2.75, 3.05) is 0 Å². The first-order chi connectivity index (χ1) is 23.6. The lowest BCUT2D eigenvalue weighted by Crippen LogP contribution is -2.29. The molecule has 0 saturated heterocycles. The first-order valence-electron chi connectivity index (χ1n) is 16.1. The maximum atomic E-state index is 6.21. The molecule has 8 rings (SSSR count). The number of hydrogen-bond donors (Lipinski definition) is 0. The molecule has 0 unspecified atom stereocenters. The van der Waals surface area contributed by atoms with Crippen LogP contribution in [0.2, 0.25) is 0 Å². The van der Waals surface area contributed by atoms with E-state index in [-0.39, 0.29) is 0 Å². The second-order valence-electron chi connectivity index (χ2n) is 12.8. The van der Waals surface area contributed by atoms with Crippen molar-refractivity contribution in [1.82, 2.24) is 9.55 Å². The van der Waals surface area contributed by atoms with Crippen molar-refractivity contribution in [3.8, 4) is 95.4 Å². The van der Waals surface area contributed by atoms with Crippen molar-refractivity contribution >= 4 is 21.8 Å². The van der Waals surface area contributed by atoms with E-state index in [0.717, 1.165) is 77.7 Å². The molecule has 2 aliphatic rings. The molecule has 2 aromatic heterocycles. The van der Waals surface area contributed by atoms with Crippen LogP contribution in [0.25, 0.3) is 55.4 Å². The smallest absolute Gasteiger partial charge is 0.0841 e. The van der Waals surface area contributed by atoms with Gasteiger partial charge in [-0.05, 0) is 45.5 Å². The minimum atomic E-state index is -0.667.